The van der Waals surface area contributed by atoms with Crippen molar-refractivity contribution in [2.24, 2.45) is 0 Å². The molecular weight excluding hydrogens is 271 g/mol. The van der Waals surface area contributed by atoms with Crippen LogP contribution in [0.1, 0.15) is 39.9 Å². The van der Waals surface area contributed by atoms with Gasteiger partial charge in [-0.2, -0.15) is 0 Å². The summed E-state index contributed by atoms with van der Waals surface area (Å²) in [7, 11) is 0. The van der Waals surface area contributed by atoms with E-state index in [-0.39, 0.29) is 13.0 Å². The Morgan fingerprint density at radius 1 is 1.28 bits per heavy atom. The monoisotopic (exact) mass is 292 g/mol. The second kappa shape index (κ2) is 6.62. The molecule has 104 valence electrons. The number of aliphatic hydroxyl groups is 1. The first-order chi connectivity index (χ1) is 7.70. The summed E-state index contributed by atoms with van der Waals surface area (Å²) in [6.45, 7) is 6.52. The molecule has 1 rings (SSSR count). The maximum absolute atomic E-state index is 10.0. The SMILES string of the molecule is C.CC(C)(C)NC[C@H](O)c1cc(Cl)c(N)c(Cl)c1. The maximum atomic E-state index is 10.0. The van der Waals surface area contributed by atoms with Gasteiger partial charge in [-0.1, -0.05) is 30.6 Å². The minimum atomic E-state index is -0.662. The van der Waals surface area contributed by atoms with E-state index in [4.69, 9.17) is 28.9 Å². The molecule has 3 nitrogen and oxygen atoms in total. The van der Waals surface area contributed by atoms with Gasteiger partial charge >= 0.3 is 0 Å². The molecule has 0 saturated carbocycles. The van der Waals surface area contributed by atoms with Gasteiger partial charge in [0.1, 0.15) is 0 Å². The normalized spacial score (nSPS) is 13.0. The summed E-state index contributed by atoms with van der Waals surface area (Å²) in [6, 6.07) is 3.27. The number of halogens is 2. The van der Waals surface area contributed by atoms with E-state index in [1.54, 1.807) is 12.1 Å². The number of rotatable bonds is 3. The van der Waals surface area contributed by atoms with Crippen molar-refractivity contribution in [2.75, 3.05) is 12.3 Å². The largest absolute Gasteiger partial charge is 0.396 e. The third-order valence-corrected chi connectivity index (χ3v) is 2.94. The molecule has 4 N–H and O–H groups in total. The van der Waals surface area contributed by atoms with E-state index in [9.17, 15) is 5.11 Å². The quantitative estimate of drug-likeness (QED) is 0.746. The van der Waals surface area contributed by atoms with Crippen LogP contribution >= 0.6 is 23.2 Å². The Balaban J connectivity index is 0.00000289. The van der Waals surface area contributed by atoms with Crippen molar-refractivity contribution in [1.82, 2.24) is 5.32 Å². The Morgan fingerprint density at radius 3 is 2.11 bits per heavy atom. The highest BCUT2D eigenvalue weighted by atomic mass is 35.5. The van der Waals surface area contributed by atoms with E-state index in [1.165, 1.54) is 0 Å². The van der Waals surface area contributed by atoms with Gasteiger partial charge in [-0.05, 0) is 38.5 Å². The van der Waals surface area contributed by atoms with Crippen LogP contribution in [0, 0.1) is 0 Å². The minimum absolute atomic E-state index is 0. The molecule has 0 saturated heterocycles. The van der Waals surface area contributed by atoms with E-state index < -0.39 is 6.10 Å². The fraction of sp³-hybridized carbons (Fsp3) is 0.538. The van der Waals surface area contributed by atoms with Crippen LogP contribution in [0.15, 0.2) is 12.1 Å². The van der Waals surface area contributed by atoms with Crippen molar-refractivity contribution in [2.45, 2.75) is 39.8 Å². The van der Waals surface area contributed by atoms with E-state index in [1.807, 2.05) is 20.8 Å². The Bertz CT molecular complexity index is 379. The average Bonchev–Trinajstić information content (AvgIpc) is 2.20. The van der Waals surface area contributed by atoms with Crippen LogP contribution < -0.4 is 11.1 Å². The highest BCUT2D eigenvalue weighted by Gasteiger charge is 2.15. The molecular formula is C13H22Cl2N2O. The van der Waals surface area contributed by atoms with Crippen molar-refractivity contribution in [3.8, 4) is 0 Å². The van der Waals surface area contributed by atoms with Crippen LogP contribution in [-0.4, -0.2) is 17.2 Å². The summed E-state index contributed by atoms with van der Waals surface area (Å²) in [5, 5.41) is 13.9. The first-order valence-corrected chi connectivity index (χ1v) is 6.14. The van der Waals surface area contributed by atoms with Crippen LogP contribution in [0.5, 0.6) is 0 Å². The van der Waals surface area contributed by atoms with Gasteiger partial charge in [0.25, 0.3) is 0 Å². The van der Waals surface area contributed by atoms with Gasteiger partial charge in [-0.15, -0.1) is 0 Å². The van der Waals surface area contributed by atoms with Crippen LogP contribution in [0.3, 0.4) is 0 Å². The Kier molecular flexibility index (Phi) is 6.44. The summed E-state index contributed by atoms with van der Waals surface area (Å²) < 4.78 is 0. The smallest absolute Gasteiger partial charge is 0.0915 e. The molecule has 0 radical (unpaired) electrons. The lowest BCUT2D eigenvalue weighted by atomic mass is 10.1. The predicted molar refractivity (Wildman–Crippen MR) is 80.3 cm³/mol. The Morgan fingerprint density at radius 2 is 1.72 bits per heavy atom. The number of hydrogen-bond donors (Lipinski definition) is 3. The molecule has 18 heavy (non-hydrogen) atoms. The summed E-state index contributed by atoms with van der Waals surface area (Å²) in [4.78, 5) is 0. The summed E-state index contributed by atoms with van der Waals surface area (Å²) in [5.74, 6) is 0. The Hall–Kier alpha value is -0.480. The van der Waals surface area contributed by atoms with Crippen LogP contribution in [0.2, 0.25) is 10.0 Å². The van der Waals surface area contributed by atoms with Gasteiger partial charge in [0.05, 0.1) is 21.8 Å². The molecule has 1 aromatic rings. The van der Waals surface area contributed by atoms with Crippen molar-refractivity contribution in [3.05, 3.63) is 27.7 Å². The second-order valence-electron chi connectivity index (χ2n) is 5.04. The number of nitrogens with one attached hydrogen (secondary N) is 1. The van der Waals surface area contributed by atoms with Crippen molar-refractivity contribution in [3.63, 3.8) is 0 Å². The topological polar surface area (TPSA) is 58.3 Å². The predicted octanol–water partition coefficient (Wildman–Crippen LogP) is 3.63. The molecule has 0 heterocycles. The Labute approximate surface area is 119 Å². The number of hydrogen-bond acceptors (Lipinski definition) is 3. The molecule has 0 spiro atoms. The summed E-state index contributed by atoms with van der Waals surface area (Å²) >= 11 is 11.8. The zero-order valence-electron chi connectivity index (χ0n) is 10.2. The molecule has 0 unspecified atom stereocenters. The average molecular weight is 293 g/mol. The number of nitrogen functional groups attached to an aromatic ring is 1. The van der Waals surface area contributed by atoms with Crippen molar-refractivity contribution in [1.29, 1.82) is 0 Å². The number of benzene rings is 1. The van der Waals surface area contributed by atoms with E-state index in [0.29, 0.717) is 27.8 Å². The highest BCUT2D eigenvalue weighted by Crippen LogP contribution is 2.31. The van der Waals surface area contributed by atoms with E-state index in [0.717, 1.165) is 0 Å². The zero-order chi connectivity index (χ0) is 13.2. The first-order valence-electron chi connectivity index (χ1n) is 5.38. The number of nitrogens with two attached hydrogens (primary N) is 1. The standard InChI is InChI=1S/C12H18Cl2N2O.CH4/c1-12(2,3)16-6-10(17)7-4-8(13)11(15)9(14)5-7;/h4-5,10,16-17H,6,15H2,1-3H3;1H4/t10-;/m0./s1. The maximum Gasteiger partial charge on any atom is 0.0915 e. The van der Waals surface area contributed by atoms with Crippen molar-refractivity contribution < 1.29 is 5.11 Å². The fourth-order valence-corrected chi connectivity index (χ4v) is 1.82. The lowest BCUT2D eigenvalue weighted by Gasteiger charge is -2.23. The van der Waals surface area contributed by atoms with Gasteiger partial charge < -0.3 is 16.2 Å². The molecule has 0 amide bonds. The van der Waals surface area contributed by atoms with Gasteiger partial charge in [0.2, 0.25) is 0 Å². The van der Waals surface area contributed by atoms with E-state index >= 15 is 0 Å². The number of β-amino-alcohol motifs (C(OH)–C–C–N with tert-alkyl or cyclic N) is 1. The molecule has 0 aliphatic heterocycles. The molecule has 0 fully saturated rings. The first kappa shape index (κ1) is 17.5. The van der Waals surface area contributed by atoms with Gasteiger partial charge in [-0.25, -0.2) is 0 Å². The van der Waals surface area contributed by atoms with Gasteiger partial charge in [-0.3, -0.25) is 0 Å². The van der Waals surface area contributed by atoms with Crippen LogP contribution in [-0.2, 0) is 0 Å². The molecule has 1 atom stereocenters. The lowest BCUT2D eigenvalue weighted by molar-refractivity contribution is 0.163. The zero-order valence-corrected chi connectivity index (χ0v) is 11.7. The van der Waals surface area contributed by atoms with Crippen LogP contribution in [0.4, 0.5) is 5.69 Å². The third kappa shape index (κ3) is 5.02. The molecule has 0 bridgehead atoms. The fourth-order valence-electron chi connectivity index (χ4n) is 1.32. The lowest BCUT2D eigenvalue weighted by Crippen LogP contribution is -2.38. The molecule has 0 aliphatic rings. The van der Waals surface area contributed by atoms with E-state index in [2.05, 4.69) is 5.32 Å². The second-order valence-corrected chi connectivity index (χ2v) is 5.86. The number of aliphatic hydroxyl groups excluding tert-OH is 1. The summed E-state index contributed by atoms with van der Waals surface area (Å²) in [6.07, 6.45) is -0.662. The molecule has 1 aromatic carbocycles. The summed E-state index contributed by atoms with van der Waals surface area (Å²) in [5.41, 5.74) is 6.58. The highest BCUT2D eigenvalue weighted by molar-refractivity contribution is 6.38. The molecule has 5 heteroatoms. The van der Waals surface area contributed by atoms with Crippen LogP contribution in [0.25, 0.3) is 0 Å². The molecule has 0 aromatic heterocycles. The minimum Gasteiger partial charge on any atom is -0.396 e. The third-order valence-electron chi connectivity index (χ3n) is 2.31. The molecule has 0 aliphatic carbocycles. The van der Waals surface area contributed by atoms with Gasteiger partial charge in [0.15, 0.2) is 0 Å². The van der Waals surface area contributed by atoms with Crippen molar-refractivity contribution >= 4 is 28.9 Å². The van der Waals surface area contributed by atoms with Gasteiger partial charge in [0, 0.05) is 12.1 Å². The number of anilines is 1.